The standard InChI is InChI=1S/C34H55P/c1-3-5-26-34(30(4-2)28-27-29-18-10-6-11-19-29)35(31-20-12-7-13-21-31,32-22-14-8-15-23-32)33-24-16-9-17-25-33/h6,10-11,18-19,27-28,31-33,35H,3-5,7-9,12-17,20-26H2,1-2H3/b28-27+,34-30-. The van der Waals surface area contributed by atoms with Gasteiger partial charge in [0.15, 0.2) is 0 Å². The van der Waals surface area contributed by atoms with E-state index in [0.29, 0.717) is 0 Å². The summed E-state index contributed by atoms with van der Waals surface area (Å²) in [6.45, 7) is 4.90. The number of hydrogen-bond acceptors (Lipinski definition) is 0. The molecule has 0 atom stereocenters. The summed E-state index contributed by atoms with van der Waals surface area (Å²) in [5.41, 5.74) is 6.35. The van der Waals surface area contributed by atoms with Crippen molar-refractivity contribution in [2.75, 3.05) is 0 Å². The first-order valence-electron chi connectivity index (χ1n) is 15.8. The molecule has 0 heterocycles. The molecule has 0 spiro atoms. The predicted molar refractivity (Wildman–Crippen MR) is 161 cm³/mol. The molecule has 0 amide bonds. The zero-order chi connectivity index (χ0) is 24.3. The third-order valence-electron chi connectivity index (χ3n) is 10.2. The first-order valence-corrected chi connectivity index (χ1v) is 18.0. The van der Waals surface area contributed by atoms with Gasteiger partial charge in [-0.25, -0.2) is 0 Å². The Labute approximate surface area is 218 Å². The van der Waals surface area contributed by atoms with E-state index in [-0.39, 0.29) is 0 Å². The number of hydrogen-bond donors (Lipinski definition) is 0. The third-order valence-corrected chi connectivity index (χ3v) is 17.6. The van der Waals surface area contributed by atoms with Crippen molar-refractivity contribution >= 4 is 13.3 Å². The van der Waals surface area contributed by atoms with Crippen LogP contribution in [0.3, 0.4) is 0 Å². The molecular weight excluding hydrogens is 439 g/mol. The average Bonchev–Trinajstić information content (AvgIpc) is 2.94. The predicted octanol–water partition coefficient (Wildman–Crippen LogP) is 11.3. The molecule has 0 aromatic heterocycles. The molecule has 0 nitrogen and oxygen atoms in total. The summed E-state index contributed by atoms with van der Waals surface area (Å²) in [7, 11) is -1.65. The summed E-state index contributed by atoms with van der Waals surface area (Å²) in [4.78, 5) is 0. The molecule has 0 bridgehead atoms. The second-order valence-corrected chi connectivity index (χ2v) is 17.1. The average molecular weight is 495 g/mol. The summed E-state index contributed by atoms with van der Waals surface area (Å²) in [6.07, 6.45) is 33.4. The van der Waals surface area contributed by atoms with E-state index in [1.54, 1.807) is 44.1 Å². The molecule has 196 valence electrons. The molecule has 3 fully saturated rings. The number of rotatable bonds is 10. The van der Waals surface area contributed by atoms with Crippen molar-refractivity contribution in [1.82, 2.24) is 0 Å². The van der Waals surface area contributed by atoms with E-state index < -0.39 is 7.26 Å². The van der Waals surface area contributed by atoms with Gasteiger partial charge in [-0.1, -0.05) is 0 Å². The fourth-order valence-corrected chi connectivity index (χ4v) is 17.7. The van der Waals surface area contributed by atoms with Gasteiger partial charge in [-0.15, -0.1) is 0 Å². The van der Waals surface area contributed by atoms with Crippen LogP contribution < -0.4 is 0 Å². The number of unbranched alkanes of at least 4 members (excludes halogenated alkanes) is 1. The van der Waals surface area contributed by atoms with E-state index in [2.05, 4.69) is 61.6 Å². The van der Waals surface area contributed by atoms with Crippen molar-refractivity contribution in [2.24, 2.45) is 0 Å². The zero-order valence-corrected chi connectivity index (χ0v) is 24.2. The van der Waals surface area contributed by atoms with Gasteiger partial charge in [-0.05, 0) is 0 Å². The Morgan fingerprint density at radius 1 is 0.714 bits per heavy atom. The molecule has 0 saturated heterocycles. The SMILES string of the molecule is CCCC/C(=C(/C=C/c1ccccc1)CC)[PH](C1CCCCC1)(C1CCCCC1)C1CCCCC1. The van der Waals surface area contributed by atoms with Crippen LogP contribution in [0.1, 0.15) is 141 Å². The van der Waals surface area contributed by atoms with Crippen molar-refractivity contribution in [3.05, 3.63) is 52.9 Å². The van der Waals surface area contributed by atoms with Crippen molar-refractivity contribution in [3.63, 3.8) is 0 Å². The molecule has 35 heavy (non-hydrogen) atoms. The number of allylic oxidation sites excluding steroid dienone is 3. The monoisotopic (exact) mass is 494 g/mol. The molecule has 1 aromatic rings. The normalized spacial score (nSPS) is 22.9. The van der Waals surface area contributed by atoms with Crippen molar-refractivity contribution in [2.45, 2.75) is 153 Å². The van der Waals surface area contributed by atoms with E-state index >= 15 is 0 Å². The Balaban J connectivity index is 1.88. The van der Waals surface area contributed by atoms with Crippen LogP contribution in [0.15, 0.2) is 47.3 Å². The van der Waals surface area contributed by atoms with E-state index in [1.165, 1.54) is 89.0 Å². The molecule has 0 radical (unpaired) electrons. The van der Waals surface area contributed by atoms with Gasteiger partial charge in [0.1, 0.15) is 0 Å². The Hall–Kier alpha value is -0.870. The van der Waals surface area contributed by atoms with Gasteiger partial charge >= 0.3 is 219 Å². The summed E-state index contributed by atoms with van der Waals surface area (Å²) < 4.78 is 0. The zero-order valence-electron chi connectivity index (χ0n) is 23.2. The quantitative estimate of drug-likeness (QED) is 0.224. The molecular formula is C34H55P. The van der Waals surface area contributed by atoms with Crippen LogP contribution in [0.2, 0.25) is 0 Å². The van der Waals surface area contributed by atoms with Crippen LogP contribution in [0, 0.1) is 0 Å². The molecule has 1 heteroatoms. The first-order chi connectivity index (χ1) is 17.3. The summed E-state index contributed by atoms with van der Waals surface area (Å²) >= 11 is 0. The minimum absolute atomic E-state index is 1.07. The van der Waals surface area contributed by atoms with Gasteiger partial charge < -0.3 is 0 Å². The van der Waals surface area contributed by atoms with Crippen LogP contribution in [0.4, 0.5) is 0 Å². The van der Waals surface area contributed by atoms with E-state index in [1.807, 2.05) is 0 Å². The maximum atomic E-state index is 2.61. The van der Waals surface area contributed by atoms with E-state index in [4.69, 9.17) is 0 Å². The Morgan fingerprint density at radius 2 is 1.20 bits per heavy atom. The molecule has 0 aliphatic heterocycles. The summed E-state index contributed by atoms with van der Waals surface area (Å²) in [5.74, 6) is 0. The second kappa shape index (κ2) is 14.2. The molecule has 0 N–H and O–H groups in total. The minimum atomic E-state index is -1.65. The van der Waals surface area contributed by atoms with Crippen molar-refractivity contribution in [1.29, 1.82) is 0 Å². The summed E-state index contributed by atoms with van der Waals surface area (Å²) in [6, 6.07) is 11.1. The third kappa shape index (κ3) is 6.53. The molecule has 3 saturated carbocycles. The Bertz CT molecular complexity index is 740. The van der Waals surface area contributed by atoms with E-state index in [9.17, 15) is 0 Å². The first kappa shape index (κ1) is 27.2. The van der Waals surface area contributed by atoms with Crippen molar-refractivity contribution in [3.8, 4) is 0 Å². The fraction of sp³-hybridized carbons (Fsp3) is 0.706. The van der Waals surface area contributed by atoms with Crippen molar-refractivity contribution < 1.29 is 0 Å². The maximum absolute atomic E-state index is 2.61. The van der Waals surface area contributed by atoms with Gasteiger partial charge in [0.2, 0.25) is 0 Å². The van der Waals surface area contributed by atoms with Gasteiger partial charge in [-0.3, -0.25) is 0 Å². The van der Waals surface area contributed by atoms with Crippen LogP contribution >= 0.6 is 7.26 Å². The fourth-order valence-electron chi connectivity index (χ4n) is 8.68. The van der Waals surface area contributed by atoms with Gasteiger partial charge in [0, 0.05) is 0 Å². The molecule has 0 unspecified atom stereocenters. The second-order valence-electron chi connectivity index (χ2n) is 12.1. The Morgan fingerprint density at radius 3 is 1.63 bits per heavy atom. The molecule has 4 rings (SSSR count). The van der Waals surface area contributed by atoms with Crippen LogP contribution in [-0.2, 0) is 0 Å². The van der Waals surface area contributed by atoms with Crippen LogP contribution in [-0.4, -0.2) is 17.0 Å². The molecule has 3 aliphatic rings. The van der Waals surface area contributed by atoms with Gasteiger partial charge in [-0.2, -0.15) is 0 Å². The van der Waals surface area contributed by atoms with Crippen LogP contribution in [0.25, 0.3) is 6.08 Å². The molecule has 1 aromatic carbocycles. The Kier molecular flexibility index (Phi) is 11.0. The van der Waals surface area contributed by atoms with E-state index in [0.717, 1.165) is 17.0 Å². The molecule has 3 aliphatic carbocycles. The number of benzene rings is 1. The van der Waals surface area contributed by atoms with Crippen LogP contribution in [0.5, 0.6) is 0 Å². The van der Waals surface area contributed by atoms with Gasteiger partial charge in [0.05, 0.1) is 0 Å². The summed E-state index contributed by atoms with van der Waals surface area (Å²) in [5, 5.41) is 2.10. The topological polar surface area (TPSA) is 0 Å². The van der Waals surface area contributed by atoms with Gasteiger partial charge in [0.25, 0.3) is 0 Å².